The summed E-state index contributed by atoms with van der Waals surface area (Å²) in [7, 11) is 0.0868. The molecule has 0 saturated heterocycles. The Morgan fingerprint density at radius 2 is 1.74 bits per heavy atom. The summed E-state index contributed by atoms with van der Waals surface area (Å²) in [5.41, 5.74) is 2.85. The molecule has 3 aromatic rings. The Balaban J connectivity index is 1.29. The summed E-state index contributed by atoms with van der Waals surface area (Å²) in [5, 5.41) is 3.63. The summed E-state index contributed by atoms with van der Waals surface area (Å²) in [6, 6.07) is 18.2. The average molecular weight is 633 g/mol. The van der Waals surface area contributed by atoms with Crippen molar-refractivity contribution in [1.82, 2.24) is 14.5 Å². The van der Waals surface area contributed by atoms with E-state index in [1.807, 2.05) is 44.4 Å². The fraction of sp³-hybridized carbons (Fsp3) is 0.406. The van der Waals surface area contributed by atoms with Crippen LogP contribution in [0.1, 0.15) is 60.9 Å². The predicted octanol–water partition coefficient (Wildman–Crippen LogP) is 6.79. The van der Waals surface area contributed by atoms with Crippen LogP contribution >= 0.6 is 23.2 Å². The van der Waals surface area contributed by atoms with Crippen molar-refractivity contribution >= 4 is 39.1 Å². The van der Waals surface area contributed by atoms with Gasteiger partial charge < -0.3 is 10.2 Å². The molecule has 1 N–H and O–H groups in total. The van der Waals surface area contributed by atoms with Gasteiger partial charge in [-0.2, -0.15) is 4.31 Å². The number of sulfonamides is 1. The molecule has 1 amide bonds. The molecule has 0 spiro atoms. The molecule has 2 aliphatic rings. The van der Waals surface area contributed by atoms with Gasteiger partial charge in [-0.25, -0.2) is 12.8 Å². The van der Waals surface area contributed by atoms with Crippen molar-refractivity contribution in [2.75, 3.05) is 20.6 Å². The van der Waals surface area contributed by atoms with Crippen molar-refractivity contribution in [2.24, 2.45) is 5.92 Å². The van der Waals surface area contributed by atoms with Crippen molar-refractivity contribution in [2.45, 2.75) is 61.5 Å². The van der Waals surface area contributed by atoms with Gasteiger partial charge in [0.05, 0.1) is 21.0 Å². The highest BCUT2D eigenvalue weighted by Crippen LogP contribution is 2.39. The Kier molecular flexibility index (Phi) is 9.59. The standard InChI is InChI=1S/C32H36Cl2FN3O3S/c1-37(2)32(23-7-5-8-24(35)18-23)22-10-12-25(13-11-22)36-31(39)20-30-27-9-4-3-6-21(27)16-17-38(30)42(40,41)26-14-15-28(33)29(34)19-26/h3-9,14-15,18-19,22,25,30,32H,10-13,16-17,20H2,1-2H3,(H,36,39). The van der Waals surface area contributed by atoms with Crippen LogP contribution in [-0.2, 0) is 21.2 Å². The van der Waals surface area contributed by atoms with Crippen molar-refractivity contribution < 1.29 is 17.6 Å². The van der Waals surface area contributed by atoms with E-state index < -0.39 is 16.1 Å². The quantitative estimate of drug-likeness (QED) is 0.297. The van der Waals surface area contributed by atoms with Gasteiger partial charge in [0.2, 0.25) is 15.9 Å². The molecule has 5 rings (SSSR count). The number of benzene rings is 3. The van der Waals surface area contributed by atoms with E-state index in [0.717, 1.165) is 42.4 Å². The molecule has 1 aliphatic heterocycles. The van der Waals surface area contributed by atoms with Crippen molar-refractivity contribution in [1.29, 1.82) is 0 Å². The maximum atomic E-state index is 14.0. The molecule has 1 aliphatic carbocycles. The van der Waals surface area contributed by atoms with Crippen LogP contribution < -0.4 is 5.32 Å². The maximum Gasteiger partial charge on any atom is 0.243 e. The number of carbonyl (C=O) groups excluding carboxylic acids is 1. The van der Waals surface area contributed by atoms with E-state index in [0.29, 0.717) is 12.3 Å². The summed E-state index contributed by atoms with van der Waals surface area (Å²) < 4.78 is 43.0. The normalized spacial score (nSPS) is 22.0. The van der Waals surface area contributed by atoms with E-state index in [1.54, 1.807) is 12.1 Å². The zero-order chi connectivity index (χ0) is 30.0. The monoisotopic (exact) mass is 631 g/mol. The van der Waals surface area contributed by atoms with Crippen LogP contribution in [0.15, 0.2) is 71.6 Å². The van der Waals surface area contributed by atoms with Crippen LogP contribution in [0.4, 0.5) is 4.39 Å². The minimum absolute atomic E-state index is 0.00281. The molecule has 3 aromatic carbocycles. The van der Waals surface area contributed by atoms with Gasteiger partial charge in [0.1, 0.15) is 5.82 Å². The number of fused-ring (bicyclic) bond motifs is 1. The van der Waals surface area contributed by atoms with Gasteiger partial charge >= 0.3 is 0 Å². The molecule has 1 heterocycles. The Labute approximate surface area is 257 Å². The molecule has 1 fully saturated rings. The highest BCUT2D eigenvalue weighted by molar-refractivity contribution is 7.89. The maximum absolute atomic E-state index is 14.0. The largest absolute Gasteiger partial charge is 0.353 e. The van der Waals surface area contributed by atoms with Crippen molar-refractivity contribution in [3.63, 3.8) is 0 Å². The van der Waals surface area contributed by atoms with E-state index in [4.69, 9.17) is 23.2 Å². The van der Waals surface area contributed by atoms with Gasteiger partial charge in [0.25, 0.3) is 0 Å². The predicted molar refractivity (Wildman–Crippen MR) is 165 cm³/mol. The first-order chi connectivity index (χ1) is 20.0. The van der Waals surface area contributed by atoms with E-state index in [1.165, 1.54) is 28.6 Å². The van der Waals surface area contributed by atoms with E-state index in [-0.39, 0.29) is 51.7 Å². The molecule has 1 saturated carbocycles. The van der Waals surface area contributed by atoms with E-state index >= 15 is 0 Å². The first kappa shape index (κ1) is 31.0. The number of amides is 1. The minimum Gasteiger partial charge on any atom is -0.353 e. The molecule has 0 bridgehead atoms. The third kappa shape index (κ3) is 6.68. The lowest BCUT2D eigenvalue weighted by molar-refractivity contribution is -0.123. The Morgan fingerprint density at radius 1 is 1.00 bits per heavy atom. The number of carbonyl (C=O) groups is 1. The third-order valence-corrected chi connectivity index (χ3v) is 11.2. The van der Waals surface area contributed by atoms with Crippen LogP contribution in [0.25, 0.3) is 0 Å². The number of hydrogen-bond donors (Lipinski definition) is 1. The number of rotatable bonds is 8. The van der Waals surface area contributed by atoms with Gasteiger partial charge in [-0.15, -0.1) is 0 Å². The Bertz CT molecular complexity index is 1540. The number of hydrogen-bond acceptors (Lipinski definition) is 4. The van der Waals surface area contributed by atoms with Gasteiger partial charge in [-0.05, 0) is 99.1 Å². The lowest BCUT2D eigenvalue weighted by Gasteiger charge is -2.38. The molecular formula is C32H36Cl2FN3O3S. The first-order valence-corrected chi connectivity index (χ1v) is 16.5. The number of nitrogens with zero attached hydrogens (tertiary/aromatic N) is 2. The third-order valence-electron chi connectivity index (χ3n) is 8.57. The highest BCUT2D eigenvalue weighted by atomic mass is 35.5. The van der Waals surface area contributed by atoms with Crippen LogP contribution in [-0.4, -0.2) is 50.2 Å². The summed E-state index contributed by atoms with van der Waals surface area (Å²) in [4.78, 5) is 15.6. The molecule has 224 valence electrons. The van der Waals surface area contributed by atoms with Crippen LogP contribution in [0.5, 0.6) is 0 Å². The molecule has 2 unspecified atom stereocenters. The fourth-order valence-electron chi connectivity index (χ4n) is 6.62. The lowest BCUT2D eigenvalue weighted by Crippen LogP contribution is -2.44. The van der Waals surface area contributed by atoms with Crippen LogP contribution in [0.2, 0.25) is 10.0 Å². The summed E-state index contributed by atoms with van der Waals surface area (Å²) in [5.74, 6) is -0.0735. The molecule has 0 aromatic heterocycles. The second-order valence-electron chi connectivity index (χ2n) is 11.5. The summed E-state index contributed by atoms with van der Waals surface area (Å²) in [6.45, 7) is 0.259. The smallest absolute Gasteiger partial charge is 0.243 e. The summed E-state index contributed by atoms with van der Waals surface area (Å²) in [6.07, 6.45) is 3.98. The second-order valence-corrected chi connectivity index (χ2v) is 14.2. The molecule has 42 heavy (non-hydrogen) atoms. The van der Waals surface area contributed by atoms with Gasteiger partial charge in [-0.3, -0.25) is 4.79 Å². The minimum atomic E-state index is -3.95. The summed E-state index contributed by atoms with van der Waals surface area (Å²) >= 11 is 12.2. The van der Waals surface area contributed by atoms with Gasteiger partial charge in [-0.1, -0.05) is 59.6 Å². The van der Waals surface area contributed by atoms with Gasteiger partial charge in [0.15, 0.2) is 0 Å². The van der Waals surface area contributed by atoms with Gasteiger partial charge in [0, 0.05) is 25.0 Å². The first-order valence-electron chi connectivity index (χ1n) is 14.3. The zero-order valence-electron chi connectivity index (χ0n) is 23.8. The molecule has 0 radical (unpaired) electrons. The molecule has 2 atom stereocenters. The fourth-order valence-corrected chi connectivity index (χ4v) is 8.62. The second kappa shape index (κ2) is 13.0. The molecule has 6 nitrogen and oxygen atoms in total. The average Bonchev–Trinajstić information content (AvgIpc) is 2.95. The van der Waals surface area contributed by atoms with E-state index in [2.05, 4.69) is 10.2 Å². The molecule has 10 heteroatoms. The van der Waals surface area contributed by atoms with E-state index in [9.17, 15) is 17.6 Å². The van der Waals surface area contributed by atoms with Crippen molar-refractivity contribution in [3.8, 4) is 0 Å². The zero-order valence-corrected chi connectivity index (χ0v) is 26.1. The lowest BCUT2D eigenvalue weighted by atomic mass is 9.78. The van der Waals surface area contributed by atoms with Crippen LogP contribution in [0, 0.1) is 11.7 Å². The molecular weight excluding hydrogens is 596 g/mol. The van der Waals surface area contributed by atoms with Crippen LogP contribution in [0.3, 0.4) is 0 Å². The number of nitrogens with one attached hydrogen (secondary N) is 1. The Hall–Kier alpha value is -2.49. The van der Waals surface area contributed by atoms with Crippen molar-refractivity contribution in [3.05, 3.63) is 99.3 Å². The number of halogens is 3. The Morgan fingerprint density at radius 3 is 2.43 bits per heavy atom. The topological polar surface area (TPSA) is 69.7 Å². The SMILES string of the molecule is CN(C)C(c1cccc(F)c1)C1CCC(NC(=O)CC2c3ccccc3CCN2S(=O)(=O)c2ccc(Cl)c(Cl)c2)CC1. The highest BCUT2D eigenvalue weighted by Gasteiger charge is 2.38.